The molecule has 0 amide bonds. The summed E-state index contributed by atoms with van der Waals surface area (Å²) in [5.74, 6) is 6.75. The summed E-state index contributed by atoms with van der Waals surface area (Å²) in [6, 6.07) is 4.07. The van der Waals surface area contributed by atoms with E-state index in [1.807, 2.05) is 16.8 Å². The lowest BCUT2D eigenvalue weighted by Crippen LogP contribution is -2.51. The molecule has 1 saturated heterocycles. The average Bonchev–Trinajstić information content (AvgIpc) is 3.45. The van der Waals surface area contributed by atoms with Crippen LogP contribution >= 0.6 is 0 Å². The number of halogens is 1. The molecule has 0 radical (unpaired) electrons. The second-order valence-electron chi connectivity index (χ2n) is 8.46. The van der Waals surface area contributed by atoms with Gasteiger partial charge in [-0.1, -0.05) is 6.07 Å². The number of hydrazine groups is 1. The topological polar surface area (TPSA) is 75.3 Å². The van der Waals surface area contributed by atoms with E-state index in [4.69, 9.17) is 11.6 Å². The van der Waals surface area contributed by atoms with Gasteiger partial charge in [-0.25, -0.2) is 5.84 Å². The average molecular weight is 396 g/mol. The lowest BCUT2D eigenvalue weighted by atomic mass is 9.96. The first kappa shape index (κ1) is 18.5. The molecule has 7 heteroatoms. The van der Waals surface area contributed by atoms with Crippen molar-refractivity contribution in [2.45, 2.75) is 45.3 Å². The standard InChI is InChI=1S/C22H28FN6/c1-14-21-18(15-4-5-15)11-29(25)13-28(21)12-19(23)22(14)27-8-6-16(10-27)17-3-2-7-26-20(17)9-24/h2-3,7,11-12,15-16H,4-6,8-10,13,24-25H2,1H3/q+1. The van der Waals surface area contributed by atoms with Gasteiger partial charge in [-0.2, -0.15) is 8.96 Å². The number of aromatic nitrogens is 2. The third-order valence-corrected chi connectivity index (χ3v) is 6.47. The van der Waals surface area contributed by atoms with E-state index in [0.29, 0.717) is 25.0 Å². The summed E-state index contributed by atoms with van der Waals surface area (Å²) in [4.78, 5) is 6.63. The summed E-state index contributed by atoms with van der Waals surface area (Å²) >= 11 is 0. The molecule has 2 fully saturated rings. The van der Waals surface area contributed by atoms with Crippen LogP contribution in [-0.4, -0.2) is 23.1 Å². The zero-order valence-corrected chi connectivity index (χ0v) is 16.8. The summed E-state index contributed by atoms with van der Waals surface area (Å²) < 4.78 is 17.2. The van der Waals surface area contributed by atoms with Crippen LogP contribution in [0.5, 0.6) is 0 Å². The van der Waals surface area contributed by atoms with Crippen molar-refractivity contribution in [1.29, 1.82) is 0 Å². The molecule has 0 spiro atoms. The predicted octanol–water partition coefficient (Wildman–Crippen LogP) is 2.17. The molecule has 4 heterocycles. The molecule has 1 unspecified atom stereocenters. The van der Waals surface area contributed by atoms with Gasteiger partial charge in [0.15, 0.2) is 0 Å². The molecule has 1 saturated carbocycles. The highest BCUT2D eigenvalue weighted by Gasteiger charge is 2.39. The second-order valence-corrected chi connectivity index (χ2v) is 8.46. The highest BCUT2D eigenvalue weighted by molar-refractivity contribution is 5.72. The van der Waals surface area contributed by atoms with Crippen molar-refractivity contribution in [3.05, 3.63) is 59.1 Å². The molecule has 3 aliphatic rings. The lowest BCUT2D eigenvalue weighted by Gasteiger charge is -2.26. The van der Waals surface area contributed by atoms with E-state index >= 15 is 4.39 Å². The third-order valence-electron chi connectivity index (χ3n) is 6.47. The van der Waals surface area contributed by atoms with E-state index in [1.165, 1.54) is 24.0 Å². The fraction of sp³-hybridized carbons (Fsp3) is 0.455. The van der Waals surface area contributed by atoms with Crippen LogP contribution in [0.1, 0.15) is 47.7 Å². The first-order valence-electron chi connectivity index (χ1n) is 10.4. The zero-order chi connectivity index (χ0) is 20.1. The summed E-state index contributed by atoms with van der Waals surface area (Å²) in [6.45, 7) is 4.57. The van der Waals surface area contributed by atoms with Crippen molar-refractivity contribution in [3.8, 4) is 0 Å². The van der Waals surface area contributed by atoms with Crippen molar-refractivity contribution in [2.75, 3.05) is 18.0 Å². The molecular weight excluding hydrogens is 367 g/mol. The van der Waals surface area contributed by atoms with Crippen LogP contribution in [0.2, 0.25) is 0 Å². The van der Waals surface area contributed by atoms with Gasteiger partial charge in [0.2, 0.25) is 24.4 Å². The Morgan fingerprint density at radius 2 is 2.10 bits per heavy atom. The maximum Gasteiger partial charge on any atom is 0.237 e. The van der Waals surface area contributed by atoms with Crippen molar-refractivity contribution in [2.24, 2.45) is 17.5 Å². The Morgan fingerprint density at radius 3 is 2.86 bits per heavy atom. The number of hydrogen-bond acceptors (Lipinski definition) is 5. The van der Waals surface area contributed by atoms with Crippen LogP contribution in [0.25, 0.3) is 5.57 Å². The van der Waals surface area contributed by atoms with Gasteiger partial charge in [-0.15, -0.1) is 0 Å². The van der Waals surface area contributed by atoms with Crippen molar-refractivity contribution < 1.29 is 8.96 Å². The van der Waals surface area contributed by atoms with Gasteiger partial charge in [-0.3, -0.25) is 9.99 Å². The SMILES string of the molecule is Cc1c(N2CCC(c3cccnc3CN)C2)c(F)c[n+]2c1C(C1CC1)=CN(N)C2. The number of rotatable bonds is 4. The molecule has 4 N–H and O–H groups in total. The zero-order valence-electron chi connectivity index (χ0n) is 16.8. The summed E-state index contributed by atoms with van der Waals surface area (Å²) in [5, 5.41) is 1.65. The molecule has 29 heavy (non-hydrogen) atoms. The van der Waals surface area contributed by atoms with Gasteiger partial charge in [0.05, 0.1) is 11.4 Å². The van der Waals surface area contributed by atoms with Crippen LogP contribution in [0.3, 0.4) is 0 Å². The van der Waals surface area contributed by atoms with Gasteiger partial charge in [0.1, 0.15) is 0 Å². The fourth-order valence-corrected chi connectivity index (χ4v) is 5.01. The monoisotopic (exact) mass is 395 g/mol. The molecule has 1 atom stereocenters. The minimum absolute atomic E-state index is 0.178. The van der Waals surface area contributed by atoms with Crippen LogP contribution in [-0.2, 0) is 13.2 Å². The molecule has 6 nitrogen and oxygen atoms in total. The van der Waals surface area contributed by atoms with E-state index in [-0.39, 0.29) is 5.82 Å². The highest BCUT2D eigenvalue weighted by Crippen LogP contribution is 2.44. The van der Waals surface area contributed by atoms with Gasteiger partial charge >= 0.3 is 0 Å². The molecule has 2 aromatic rings. The van der Waals surface area contributed by atoms with Gasteiger partial charge in [-0.05, 0) is 43.7 Å². The highest BCUT2D eigenvalue weighted by atomic mass is 19.1. The molecule has 152 valence electrons. The van der Waals surface area contributed by atoms with E-state index < -0.39 is 0 Å². The second kappa shape index (κ2) is 7.07. The Labute approximate surface area is 170 Å². The third kappa shape index (κ3) is 3.18. The number of nitrogens with zero attached hydrogens (tertiary/aromatic N) is 4. The van der Waals surface area contributed by atoms with E-state index in [1.54, 1.807) is 17.4 Å². The first-order valence-corrected chi connectivity index (χ1v) is 10.4. The number of fused-ring (bicyclic) bond motifs is 1. The number of nitrogens with two attached hydrogens (primary N) is 2. The van der Waals surface area contributed by atoms with Gasteiger partial charge in [0, 0.05) is 49.1 Å². The Balaban J connectivity index is 1.50. The van der Waals surface area contributed by atoms with Crippen molar-refractivity contribution >= 4 is 11.3 Å². The number of pyridine rings is 2. The summed E-state index contributed by atoms with van der Waals surface area (Å²) in [7, 11) is 0. The summed E-state index contributed by atoms with van der Waals surface area (Å²) in [6.07, 6.45) is 8.79. The number of anilines is 1. The summed E-state index contributed by atoms with van der Waals surface area (Å²) in [5.41, 5.74) is 12.2. The Bertz CT molecular complexity index is 984. The van der Waals surface area contributed by atoms with Gasteiger partial charge in [0.25, 0.3) is 0 Å². The fourth-order valence-electron chi connectivity index (χ4n) is 5.01. The Kier molecular flexibility index (Phi) is 4.52. The van der Waals surface area contributed by atoms with Crippen molar-refractivity contribution in [3.63, 3.8) is 0 Å². The number of hydrogen-bond donors (Lipinski definition) is 2. The Hall–Kier alpha value is -2.51. The molecule has 0 bridgehead atoms. The molecule has 2 aromatic heterocycles. The largest absolute Gasteiger partial charge is 0.368 e. The maximum absolute atomic E-state index is 15.3. The quantitative estimate of drug-likeness (QED) is 0.613. The normalized spacial score (nSPS) is 21.4. The Morgan fingerprint density at radius 1 is 1.28 bits per heavy atom. The minimum Gasteiger partial charge on any atom is -0.368 e. The molecule has 5 rings (SSSR count). The molecule has 0 aromatic carbocycles. The van der Waals surface area contributed by atoms with Gasteiger partial charge < -0.3 is 10.6 Å². The smallest absolute Gasteiger partial charge is 0.237 e. The van der Waals surface area contributed by atoms with E-state index in [0.717, 1.165) is 42.1 Å². The minimum atomic E-state index is -0.178. The van der Waals surface area contributed by atoms with Crippen molar-refractivity contribution in [1.82, 2.24) is 9.99 Å². The molecule has 2 aliphatic heterocycles. The maximum atomic E-state index is 15.3. The first-order chi connectivity index (χ1) is 14.1. The van der Waals surface area contributed by atoms with Crippen LogP contribution < -0.4 is 21.0 Å². The molecular formula is C22H28FN6+. The number of allylic oxidation sites excluding steroid dienone is 1. The van der Waals surface area contributed by atoms with Crippen LogP contribution in [0.4, 0.5) is 10.1 Å². The predicted molar refractivity (Wildman–Crippen MR) is 110 cm³/mol. The van der Waals surface area contributed by atoms with Crippen LogP contribution in [0.15, 0.2) is 30.7 Å². The van der Waals surface area contributed by atoms with Crippen LogP contribution in [0, 0.1) is 18.7 Å². The van der Waals surface area contributed by atoms with E-state index in [2.05, 4.69) is 22.9 Å². The molecule has 1 aliphatic carbocycles. The van der Waals surface area contributed by atoms with E-state index in [9.17, 15) is 0 Å². The lowest BCUT2D eigenvalue weighted by molar-refractivity contribution is -0.720.